The topological polar surface area (TPSA) is 41.8 Å². The van der Waals surface area contributed by atoms with Crippen LogP contribution in [0.1, 0.15) is 106 Å². The van der Waals surface area contributed by atoms with Crippen LogP contribution < -0.4 is 0 Å². The fourth-order valence-corrected chi connectivity index (χ4v) is 5.40. The minimum absolute atomic E-state index is 0.0301. The summed E-state index contributed by atoms with van der Waals surface area (Å²) in [4.78, 5) is 4.14. The lowest BCUT2D eigenvalue weighted by Crippen LogP contribution is -2.19. The van der Waals surface area contributed by atoms with E-state index in [-0.39, 0.29) is 40.8 Å². The van der Waals surface area contributed by atoms with Crippen LogP contribution >= 0.6 is 9.47 Å². The van der Waals surface area contributed by atoms with Gasteiger partial charge in [-0.15, -0.1) is 0 Å². The van der Waals surface area contributed by atoms with E-state index in [1.807, 2.05) is 37.3 Å². The molecule has 0 spiro atoms. The molecule has 3 aromatic rings. The van der Waals surface area contributed by atoms with E-state index >= 15 is 0 Å². The molecule has 214 valence electrons. The molecule has 3 aromatic carbocycles. The smallest absolute Gasteiger partial charge is 0.193 e. The Morgan fingerprint density at radius 2 is 1.50 bits per heavy atom. The largest absolute Gasteiger partial charge is 0.508 e. The van der Waals surface area contributed by atoms with Crippen molar-refractivity contribution < 1.29 is 14.0 Å². The van der Waals surface area contributed by atoms with Gasteiger partial charge in [0, 0.05) is 31.1 Å². The highest BCUT2D eigenvalue weighted by Crippen LogP contribution is 2.42. The van der Waals surface area contributed by atoms with Gasteiger partial charge in [0.05, 0.1) is 0 Å². The number of hydrogen-bond acceptors (Lipinski definition) is 3. The van der Waals surface area contributed by atoms with Crippen molar-refractivity contribution in [3.05, 3.63) is 111 Å². The molecule has 40 heavy (non-hydrogen) atoms. The molecule has 3 nitrogen and oxygen atoms in total. The zero-order chi connectivity index (χ0) is 29.8. The first-order chi connectivity index (χ1) is 18.6. The molecular formula is C35H45FNO2P. The second-order valence-corrected chi connectivity index (χ2v) is 13.3. The lowest BCUT2D eigenvalue weighted by molar-refractivity contribution is 0.474. The highest BCUT2D eigenvalue weighted by Gasteiger charge is 2.28. The summed E-state index contributed by atoms with van der Waals surface area (Å²) in [5.41, 5.74) is 8.63. The first-order valence-corrected chi connectivity index (χ1v) is 14.3. The highest BCUT2D eigenvalue weighted by molar-refractivity contribution is 7.09. The molecule has 0 saturated heterocycles. The molecular weight excluding hydrogens is 516 g/mol. The Morgan fingerprint density at radius 1 is 0.925 bits per heavy atom. The minimum atomic E-state index is -0.363. The van der Waals surface area contributed by atoms with E-state index in [4.69, 9.17) is 0 Å². The van der Waals surface area contributed by atoms with Gasteiger partial charge in [0.15, 0.2) is 5.97 Å². The van der Waals surface area contributed by atoms with E-state index in [0.717, 1.165) is 22.3 Å². The summed E-state index contributed by atoms with van der Waals surface area (Å²) in [6, 6.07) is 20.8. The number of aliphatic imine (C=N–C) groups is 1. The van der Waals surface area contributed by atoms with Gasteiger partial charge >= 0.3 is 0 Å². The Hall–Kier alpha value is -2.81. The zero-order valence-electron chi connectivity index (χ0n) is 25.5. The van der Waals surface area contributed by atoms with E-state index in [2.05, 4.69) is 97.8 Å². The average Bonchev–Trinajstić information content (AvgIpc) is 2.82. The number of nitrogens with zero attached hydrogens (tertiary/aromatic N) is 1. The SMILES string of the molecule is C/C1=C/C(C)c2c(cccc2C(c2cccc(O)c2)c2cc(C(C)(C)C)cc(C(C)(C)C)c2)CC(F)=N1.COP. The van der Waals surface area contributed by atoms with E-state index in [9.17, 15) is 9.50 Å². The zero-order valence-corrected chi connectivity index (χ0v) is 26.6. The van der Waals surface area contributed by atoms with Gasteiger partial charge in [-0.3, -0.25) is 0 Å². The third-order valence-electron chi connectivity index (χ3n) is 7.35. The summed E-state index contributed by atoms with van der Waals surface area (Å²) >= 11 is 0. The summed E-state index contributed by atoms with van der Waals surface area (Å²) in [6.07, 6.45) is 2.23. The molecule has 4 rings (SSSR count). The van der Waals surface area contributed by atoms with Gasteiger partial charge in [0.2, 0.25) is 0 Å². The number of allylic oxidation sites excluding steroid dienone is 2. The second kappa shape index (κ2) is 12.8. The fourth-order valence-electron chi connectivity index (χ4n) is 5.40. The first kappa shape index (κ1) is 31.7. The molecule has 1 heterocycles. The van der Waals surface area contributed by atoms with E-state index < -0.39 is 0 Å². The molecule has 1 aliphatic heterocycles. The average molecular weight is 562 g/mol. The maximum absolute atomic E-state index is 14.8. The molecule has 1 aliphatic rings. The minimum Gasteiger partial charge on any atom is -0.508 e. The molecule has 3 atom stereocenters. The van der Waals surface area contributed by atoms with E-state index in [0.29, 0.717) is 5.70 Å². The van der Waals surface area contributed by atoms with Crippen molar-refractivity contribution in [2.24, 2.45) is 4.99 Å². The maximum atomic E-state index is 14.8. The third-order valence-corrected chi connectivity index (χ3v) is 7.35. The number of hydrogen-bond donors (Lipinski definition) is 1. The molecule has 0 fully saturated rings. The lowest BCUT2D eigenvalue weighted by atomic mass is 9.74. The van der Waals surface area contributed by atoms with Crippen LogP contribution in [-0.4, -0.2) is 18.2 Å². The number of halogens is 1. The number of fused-ring (bicyclic) bond motifs is 1. The summed E-state index contributed by atoms with van der Waals surface area (Å²) in [7, 11) is 3.67. The van der Waals surface area contributed by atoms with Crippen molar-refractivity contribution >= 4 is 15.4 Å². The van der Waals surface area contributed by atoms with Crippen molar-refractivity contribution in [2.45, 2.75) is 84.5 Å². The molecule has 0 saturated carbocycles. The van der Waals surface area contributed by atoms with E-state index in [1.165, 1.54) is 16.7 Å². The Morgan fingerprint density at radius 3 is 2.05 bits per heavy atom. The molecule has 5 heteroatoms. The summed E-state index contributed by atoms with van der Waals surface area (Å²) in [5.74, 6) is -0.180. The molecule has 3 unspecified atom stereocenters. The standard InChI is InChI=1S/C34H40FNO.CH5OP/c1-21-15-22(2)36-30(35)19-24-12-10-14-29(31(21)24)32(23-11-9-13-28(37)18-23)25-16-26(33(3,4)5)20-27(17-25)34(6,7)8;1-2-3/h9-18,20-21,32,37H,19H2,1-8H3;3H2,1H3/b22-15-,36-30?;. The molecule has 0 aliphatic carbocycles. The maximum Gasteiger partial charge on any atom is 0.193 e. The molecule has 0 amide bonds. The second-order valence-electron chi connectivity index (χ2n) is 12.8. The van der Waals surface area contributed by atoms with Crippen molar-refractivity contribution in [3.8, 4) is 5.75 Å². The van der Waals surface area contributed by atoms with Gasteiger partial charge in [0.1, 0.15) is 5.75 Å². The van der Waals surface area contributed by atoms with Crippen LogP contribution in [0.3, 0.4) is 0 Å². The predicted octanol–water partition coefficient (Wildman–Crippen LogP) is 9.52. The first-order valence-electron chi connectivity index (χ1n) is 13.9. The number of phenolic OH excluding ortho intramolecular Hbond substituents is 1. The van der Waals surface area contributed by atoms with Crippen LogP contribution in [0.2, 0.25) is 0 Å². The van der Waals surface area contributed by atoms with Gasteiger partial charge < -0.3 is 9.63 Å². The molecule has 0 radical (unpaired) electrons. The van der Waals surface area contributed by atoms with E-state index in [1.54, 1.807) is 13.2 Å². The monoisotopic (exact) mass is 561 g/mol. The van der Waals surface area contributed by atoms with Gasteiger partial charge in [0.25, 0.3) is 0 Å². The van der Waals surface area contributed by atoms with Crippen LogP contribution in [0.25, 0.3) is 0 Å². The third kappa shape index (κ3) is 7.68. The quantitative estimate of drug-likeness (QED) is 0.256. The Bertz CT molecular complexity index is 1360. The van der Waals surface area contributed by atoms with Gasteiger partial charge in [-0.05, 0) is 78.3 Å². The number of phenols is 1. The normalized spacial score (nSPS) is 17.7. The van der Waals surface area contributed by atoms with Crippen LogP contribution in [0.4, 0.5) is 4.39 Å². The molecule has 1 N–H and O–H groups in total. The number of benzene rings is 3. The van der Waals surface area contributed by atoms with Crippen LogP contribution in [0, 0.1) is 0 Å². The van der Waals surface area contributed by atoms with Crippen LogP contribution in [-0.2, 0) is 21.8 Å². The van der Waals surface area contributed by atoms with Crippen LogP contribution in [0.5, 0.6) is 5.75 Å². The van der Waals surface area contributed by atoms with Gasteiger partial charge in [-0.2, -0.15) is 4.39 Å². The number of aromatic hydroxyl groups is 1. The Labute approximate surface area is 242 Å². The lowest BCUT2D eigenvalue weighted by Gasteiger charge is -2.31. The molecule has 0 bridgehead atoms. The van der Waals surface area contributed by atoms with Crippen molar-refractivity contribution in [3.63, 3.8) is 0 Å². The fraction of sp³-hybridized carbons (Fsp3) is 0.400. The Kier molecular flexibility index (Phi) is 10.1. The summed E-state index contributed by atoms with van der Waals surface area (Å²) in [5, 5.41) is 10.5. The van der Waals surface area contributed by atoms with Crippen molar-refractivity contribution in [1.29, 1.82) is 0 Å². The van der Waals surface area contributed by atoms with Gasteiger partial charge in [-0.1, -0.05) is 103 Å². The van der Waals surface area contributed by atoms with Crippen molar-refractivity contribution in [1.82, 2.24) is 0 Å². The van der Waals surface area contributed by atoms with Gasteiger partial charge in [-0.25, -0.2) is 4.99 Å². The number of rotatable bonds is 3. The Balaban J connectivity index is 0.00000141. The summed E-state index contributed by atoms with van der Waals surface area (Å²) in [6.45, 7) is 17.5. The highest BCUT2D eigenvalue weighted by atomic mass is 31.0. The van der Waals surface area contributed by atoms with Crippen molar-refractivity contribution in [2.75, 3.05) is 7.11 Å². The predicted molar refractivity (Wildman–Crippen MR) is 170 cm³/mol. The summed E-state index contributed by atoms with van der Waals surface area (Å²) < 4.78 is 18.9. The molecule has 0 aromatic heterocycles. The van der Waals surface area contributed by atoms with Crippen LogP contribution in [0.15, 0.2) is 77.4 Å².